The van der Waals surface area contributed by atoms with Crippen molar-refractivity contribution in [2.24, 2.45) is 5.92 Å². The highest BCUT2D eigenvalue weighted by molar-refractivity contribution is 6.74. The van der Waals surface area contributed by atoms with E-state index in [1.165, 1.54) is 12.8 Å². The summed E-state index contributed by atoms with van der Waals surface area (Å²) in [7, 11) is -1.78. The molecule has 0 spiro atoms. The molecule has 1 fully saturated rings. The molecule has 0 aromatic rings. The molecule has 0 aromatic heterocycles. The second-order valence-corrected chi connectivity index (χ2v) is 11.8. The minimum atomic E-state index is -1.78. The lowest BCUT2D eigenvalue weighted by atomic mass is 9.90. The SMILES string of the molecule is C[C@@H]1CCC[C@@]1(CC=O)O[Si](C)(C)C(C)(C)C. The van der Waals surface area contributed by atoms with Gasteiger partial charge in [0.1, 0.15) is 6.29 Å². The predicted molar refractivity (Wildman–Crippen MR) is 74.7 cm³/mol. The van der Waals surface area contributed by atoms with E-state index < -0.39 is 8.32 Å². The van der Waals surface area contributed by atoms with E-state index in [4.69, 9.17) is 4.43 Å². The normalized spacial score (nSPS) is 30.6. The van der Waals surface area contributed by atoms with Crippen molar-refractivity contribution in [2.45, 2.75) is 77.1 Å². The Morgan fingerprint density at radius 2 is 2.00 bits per heavy atom. The molecule has 100 valence electrons. The van der Waals surface area contributed by atoms with E-state index in [2.05, 4.69) is 40.8 Å². The average molecular weight is 256 g/mol. The van der Waals surface area contributed by atoms with Gasteiger partial charge in [0.2, 0.25) is 0 Å². The zero-order valence-corrected chi connectivity index (χ0v) is 13.3. The number of hydrogen-bond donors (Lipinski definition) is 0. The Morgan fingerprint density at radius 3 is 2.35 bits per heavy atom. The number of aldehydes is 1. The average Bonchev–Trinajstić information content (AvgIpc) is 2.46. The van der Waals surface area contributed by atoms with Crippen molar-refractivity contribution in [1.29, 1.82) is 0 Å². The minimum absolute atomic E-state index is 0.162. The van der Waals surface area contributed by atoms with Crippen LogP contribution in [-0.4, -0.2) is 20.2 Å². The molecular formula is C14H28O2Si. The van der Waals surface area contributed by atoms with Gasteiger partial charge in [-0.3, -0.25) is 0 Å². The van der Waals surface area contributed by atoms with Crippen molar-refractivity contribution in [3.05, 3.63) is 0 Å². The molecule has 2 nitrogen and oxygen atoms in total. The highest BCUT2D eigenvalue weighted by atomic mass is 28.4. The van der Waals surface area contributed by atoms with Crippen LogP contribution in [0, 0.1) is 5.92 Å². The van der Waals surface area contributed by atoms with Crippen LogP contribution >= 0.6 is 0 Å². The van der Waals surface area contributed by atoms with Crippen LogP contribution in [0.3, 0.4) is 0 Å². The molecule has 3 heteroatoms. The van der Waals surface area contributed by atoms with E-state index in [-0.39, 0.29) is 10.6 Å². The van der Waals surface area contributed by atoms with Crippen LogP contribution < -0.4 is 0 Å². The zero-order valence-electron chi connectivity index (χ0n) is 12.3. The topological polar surface area (TPSA) is 26.3 Å². The van der Waals surface area contributed by atoms with Crippen LogP contribution in [0.25, 0.3) is 0 Å². The van der Waals surface area contributed by atoms with E-state index in [1.54, 1.807) is 0 Å². The lowest BCUT2D eigenvalue weighted by Crippen LogP contribution is -2.51. The summed E-state index contributed by atoms with van der Waals surface area (Å²) in [6.45, 7) is 13.6. The molecule has 2 atom stereocenters. The largest absolute Gasteiger partial charge is 0.411 e. The summed E-state index contributed by atoms with van der Waals surface area (Å²) in [4.78, 5) is 11.0. The maximum absolute atomic E-state index is 11.0. The van der Waals surface area contributed by atoms with Gasteiger partial charge in [-0.25, -0.2) is 0 Å². The monoisotopic (exact) mass is 256 g/mol. The van der Waals surface area contributed by atoms with Gasteiger partial charge >= 0.3 is 0 Å². The molecule has 1 rings (SSSR count). The van der Waals surface area contributed by atoms with E-state index in [1.807, 2.05) is 0 Å². The van der Waals surface area contributed by atoms with Crippen LogP contribution in [-0.2, 0) is 9.22 Å². The molecule has 0 aliphatic heterocycles. The third-order valence-corrected chi connectivity index (χ3v) is 9.36. The second kappa shape index (κ2) is 4.85. The highest BCUT2D eigenvalue weighted by Gasteiger charge is 2.48. The Hall–Kier alpha value is -0.153. The molecule has 0 radical (unpaired) electrons. The Balaban J connectivity index is 2.91. The Labute approximate surface area is 107 Å². The zero-order chi connectivity index (χ0) is 13.3. The Bertz CT molecular complexity index is 280. The highest BCUT2D eigenvalue weighted by Crippen LogP contribution is 2.47. The molecule has 0 bridgehead atoms. The maximum Gasteiger partial charge on any atom is 0.192 e. The van der Waals surface area contributed by atoms with Crippen molar-refractivity contribution in [3.8, 4) is 0 Å². The van der Waals surface area contributed by atoms with Gasteiger partial charge in [-0.1, -0.05) is 34.1 Å². The lowest BCUT2D eigenvalue weighted by molar-refractivity contribution is -0.112. The summed E-state index contributed by atoms with van der Waals surface area (Å²) < 4.78 is 6.61. The van der Waals surface area contributed by atoms with E-state index in [0.29, 0.717) is 12.3 Å². The first-order valence-electron chi connectivity index (χ1n) is 6.78. The van der Waals surface area contributed by atoms with Crippen molar-refractivity contribution in [2.75, 3.05) is 0 Å². The van der Waals surface area contributed by atoms with Crippen LogP contribution in [0.4, 0.5) is 0 Å². The van der Waals surface area contributed by atoms with Gasteiger partial charge in [0.05, 0.1) is 5.60 Å². The smallest absolute Gasteiger partial charge is 0.192 e. The summed E-state index contributed by atoms with van der Waals surface area (Å²) in [5.41, 5.74) is -0.162. The summed E-state index contributed by atoms with van der Waals surface area (Å²) >= 11 is 0. The molecule has 1 aliphatic rings. The summed E-state index contributed by atoms with van der Waals surface area (Å²) in [5.74, 6) is 0.516. The van der Waals surface area contributed by atoms with Crippen molar-refractivity contribution in [1.82, 2.24) is 0 Å². The molecule has 0 amide bonds. The molecule has 0 saturated heterocycles. The van der Waals surface area contributed by atoms with E-state index >= 15 is 0 Å². The van der Waals surface area contributed by atoms with Gasteiger partial charge < -0.3 is 9.22 Å². The molecule has 1 saturated carbocycles. The molecule has 1 aliphatic carbocycles. The van der Waals surface area contributed by atoms with Crippen molar-refractivity contribution >= 4 is 14.6 Å². The number of carbonyl (C=O) groups excluding carboxylic acids is 1. The van der Waals surface area contributed by atoms with Gasteiger partial charge in [0, 0.05) is 6.42 Å². The second-order valence-electron chi connectivity index (χ2n) is 7.09. The maximum atomic E-state index is 11.0. The van der Waals surface area contributed by atoms with Gasteiger partial charge in [-0.05, 0) is 36.9 Å². The summed E-state index contributed by atoms with van der Waals surface area (Å²) in [6, 6.07) is 0. The third kappa shape index (κ3) is 3.00. The third-order valence-electron chi connectivity index (χ3n) is 4.83. The number of hydrogen-bond acceptors (Lipinski definition) is 2. The molecule has 0 N–H and O–H groups in total. The Morgan fingerprint density at radius 1 is 1.41 bits per heavy atom. The first-order chi connectivity index (χ1) is 7.65. The van der Waals surface area contributed by atoms with Crippen LogP contribution in [0.5, 0.6) is 0 Å². The van der Waals surface area contributed by atoms with Gasteiger partial charge in [-0.2, -0.15) is 0 Å². The quantitative estimate of drug-likeness (QED) is 0.558. The fourth-order valence-corrected chi connectivity index (χ4v) is 4.22. The summed E-state index contributed by atoms with van der Waals surface area (Å²) in [6.07, 6.45) is 5.07. The van der Waals surface area contributed by atoms with Crippen LogP contribution in [0.1, 0.15) is 53.4 Å². The van der Waals surface area contributed by atoms with Gasteiger partial charge in [0.15, 0.2) is 8.32 Å². The van der Waals surface area contributed by atoms with Crippen molar-refractivity contribution < 1.29 is 9.22 Å². The Kier molecular flexibility index (Phi) is 4.25. The fraction of sp³-hybridized carbons (Fsp3) is 0.929. The first kappa shape index (κ1) is 14.9. The van der Waals surface area contributed by atoms with E-state index in [0.717, 1.165) is 12.7 Å². The molecule has 17 heavy (non-hydrogen) atoms. The van der Waals surface area contributed by atoms with Crippen molar-refractivity contribution in [3.63, 3.8) is 0 Å². The number of carbonyl (C=O) groups is 1. The minimum Gasteiger partial charge on any atom is -0.411 e. The standard InChI is InChI=1S/C14H28O2Si/c1-12-8-7-9-14(12,10-11-15)16-17(5,6)13(2,3)4/h11-12H,7-10H2,1-6H3/t12-,14+/m1/s1. The fourth-order valence-electron chi connectivity index (χ4n) is 2.52. The van der Waals surface area contributed by atoms with Gasteiger partial charge in [0.25, 0.3) is 0 Å². The lowest BCUT2D eigenvalue weighted by Gasteiger charge is -2.45. The number of rotatable bonds is 4. The molecule has 0 aromatic carbocycles. The summed E-state index contributed by atoms with van der Waals surface area (Å²) in [5, 5.41) is 0.213. The van der Waals surface area contributed by atoms with E-state index in [9.17, 15) is 4.79 Å². The van der Waals surface area contributed by atoms with Gasteiger partial charge in [-0.15, -0.1) is 0 Å². The van der Waals surface area contributed by atoms with Crippen LogP contribution in [0.15, 0.2) is 0 Å². The predicted octanol–water partition coefficient (Wildman–Crippen LogP) is 4.16. The van der Waals surface area contributed by atoms with Crippen LogP contribution in [0.2, 0.25) is 18.1 Å². The molecule has 0 unspecified atom stereocenters. The first-order valence-corrected chi connectivity index (χ1v) is 9.69. The molecule has 0 heterocycles. The molecular weight excluding hydrogens is 228 g/mol.